The van der Waals surface area contributed by atoms with Crippen LogP contribution in [0, 0.1) is 12.8 Å². The Morgan fingerprint density at radius 3 is 2.62 bits per heavy atom. The molecule has 1 aliphatic rings. The molecule has 1 aliphatic heterocycles. The van der Waals surface area contributed by atoms with E-state index in [0.29, 0.717) is 0 Å². The fraction of sp³-hybridized carbons (Fsp3) is 0.412. The van der Waals surface area contributed by atoms with Crippen molar-refractivity contribution in [3.05, 3.63) is 36.0 Å². The lowest BCUT2D eigenvalue weighted by Gasteiger charge is -2.31. The van der Waals surface area contributed by atoms with Crippen molar-refractivity contribution < 1.29 is 0 Å². The average molecular weight is 282 g/mol. The van der Waals surface area contributed by atoms with Crippen LogP contribution >= 0.6 is 0 Å². The van der Waals surface area contributed by atoms with E-state index < -0.39 is 0 Å². The van der Waals surface area contributed by atoms with Gasteiger partial charge in [0, 0.05) is 36.1 Å². The molecule has 110 valence electrons. The van der Waals surface area contributed by atoms with Crippen molar-refractivity contribution in [2.24, 2.45) is 5.92 Å². The molecule has 2 aromatic rings. The van der Waals surface area contributed by atoms with E-state index >= 15 is 0 Å². The molecular weight excluding hydrogens is 260 g/mol. The SMILES string of the molecule is Cc1cc(N2CCC(C)CC2)nc(-c2cccc(N)c2)n1. The summed E-state index contributed by atoms with van der Waals surface area (Å²) in [6.07, 6.45) is 2.47. The Morgan fingerprint density at radius 2 is 1.90 bits per heavy atom. The second-order valence-corrected chi connectivity index (χ2v) is 5.99. The fourth-order valence-electron chi connectivity index (χ4n) is 2.76. The zero-order chi connectivity index (χ0) is 14.8. The molecule has 1 aromatic carbocycles. The van der Waals surface area contributed by atoms with Gasteiger partial charge in [-0.2, -0.15) is 0 Å². The van der Waals surface area contributed by atoms with Crippen LogP contribution in [0.3, 0.4) is 0 Å². The van der Waals surface area contributed by atoms with E-state index in [4.69, 9.17) is 10.7 Å². The summed E-state index contributed by atoms with van der Waals surface area (Å²) in [7, 11) is 0. The van der Waals surface area contributed by atoms with Crippen molar-refractivity contribution in [2.75, 3.05) is 23.7 Å². The summed E-state index contributed by atoms with van der Waals surface area (Å²) in [5, 5.41) is 0. The molecule has 0 aliphatic carbocycles. The molecule has 1 aromatic heterocycles. The van der Waals surface area contributed by atoms with Crippen LogP contribution in [-0.4, -0.2) is 23.1 Å². The smallest absolute Gasteiger partial charge is 0.161 e. The van der Waals surface area contributed by atoms with Crippen molar-refractivity contribution in [3.63, 3.8) is 0 Å². The van der Waals surface area contributed by atoms with Crippen molar-refractivity contribution in [3.8, 4) is 11.4 Å². The third kappa shape index (κ3) is 3.15. The zero-order valence-corrected chi connectivity index (χ0v) is 12.7. The molecule has 2 N–H and O–H groups in total. The highest BCUT2D eigenvalue weighted by molar-refractivity contribution is 5.62. The summed E-state index contributed by atoms with van der Waals surface area (Å²) in [4.78, 5) is 11.7. The van der Waals surface area contributed by atoms with Crippen LogP contribution in [0.15, 0.2) is 30.3 Å². The van der Waals surface area contributed by atoms with Gasteiger partial charge < -0.3 is 10.6 Å². The Kier molecular flexibility index (Phi) is 3.78. The quantitative estimate of drug-likeness (QED) is 0.859. The first-order valence-corrected chi connectivity index (χ1v) is 7.58. The van der Waals surface area contributed by atoms with Gasteiger partial charge in [0.15, 0.2) is 5.82 Å². The summed E-state index contributed by atoms with van der Waals surface area (Å²) < 4.78 is 0. The second kappa shape index (κ2) is 5.72. The topological polar surface area (TPSA) is 55.0 Å². The maximum atomic E-state index is 5.86. The number of anilines is 2. The minimum absolute atomic E-state index is 0.742. The molecule has 0 bridgehead atoms. The predicted octanol–water partition coefficient (Wildman–Crippen LogP) is 3.27. The van der Waals surface area contributed by atoms with Gasteiger partial charge in [0.05, 0.1) is 0 Å². The van der Waals surface area contributed by atoms with Crippen LogP contribution in [0.2, 0.25) is 0 Å². The molecule has 2 heterocycles. The largest absolute Gasteiger partial charge is 0.399 e. The summed E-state index contributed by atoms with van der Waals surface area (Å²) >= 11 is 0. The van der Waals surface area contributed by atoms with Crippen LogP contribution < -0.4 is 10.6 Å². The lowest BCUT2D eigenvalue weighted by molar-refractivity contribution is 0.436. The molecule has 0 atom stereocenters. The Hall–Kier alpha value is -2.10. The van der Waals surface area contributed by atoms with E-state index in [-0.39, 0.29) is 0 Å². The molecule has 0 unspecified atom stereocenters. The maximum absolute atomic E-state index is 5.86. The first-order valence-electron chi connectivity index (χ1n) is 7.58. The van der Waals surface area contributed by atoms with Crippen molar-refractivity contribution in [1.29, 1.82) is 0 Å². The van der Waals surface area contributed by atoms with E-state index in [1.54, 1.807) is 0 Å². The number of rotatable bonds is 2. The predicted molar refractivity (Wildman–Crippen MR) is 87.2 cm³/mol. The number of hydrogen-bond donors (Lipinski definition) is 1. The number of nitrogen functional groups attached to an aromatic ring is 1. The monoisotopic (exact) mass is 282 g/mol. The minimum Gasteiger partial charge on any atom is -0.399 e. The third-order valence-electron chi connectivity index (χ3n) is 4.09. The molecule has 1 fully saturated rings. The maximum Gasteiger partial charge on any atom is 0.161 e. The van der Waals surface area contributed by atoms with E-state index in [0.717, 1.165) is 47.6 Å². The van der Waals surface area contributed by atoms with Gasteiger partial charge >= 0.3 is 0 Å². The highest BCUT2D eigenvalue weighted by Crippen LogP contribution is 2.25. The number of benzene rings is 1. The highest BCUT2D eigenvalue weighted by Gasteiger charge is 2.18. The second-order valence-electron chi connectivity index (χ2n) is 5.99. The molecule has 4 heteroatoms. The van der Waals surface area contributed by atoms with Crippen molar-refractivity contribution in [2.45, 2.75) is 26.7 Å². The summed E-state index contributed by atoms with van der Waals surface area (Å²) in [5.41, 5.74) is 8.58. The van der Waals surface area contributed by atoms with Crippen molar-refractivity contribution in [1.82, 2.24) is 9.97 Å². The number of nitrogens with zero attached hydrogens (tertiary/aromatic N) is 3. The van der Waals surface area contributed by atoms with Crippen LogP contribution in [0.4, 0.5) is 11.5 Å². The molecule has 0 saturated carbocycles. The number of aryl methyl sites for hydroxylation is 1. The molecule has 21 heavy (non-hydrogen) atoms. The number of hydrogen-bond acceptors (Lipinski definition) is 4. The van der Waals surface area contributed by atoms with Crippen LogP contribution in [0.5, 0.6) is 0 Å². The first kappa shape index (κ1) is 13.9. The Balaban J connectivity index is 1.93. The van der Waals surface area contributed by atoms with Crippen LogP contribution in [0.1, 0.15) is 25.5 Å². The Labute approximate surface area is 126 Å². The molecule has 4 nitrogen and oxygen atoms in total. The van der Waals surface area contributed by atoms with E-state index in [2.05, 4.69) is 22.9 Å². The number of aromatic nitrogens is 2. The zero-order valence-electron chi connectivity index (χ0n) is 12.7. The lowest BCUT2D eigenvalue weighted by Crippen LogP contribution is -2.33. The fourth-order valence-corrected chi connectivity index (χ4v) is 2.76. The van der Waals surface area contributed by atoms with Crippen LogP contribution in [-0.2, 0) is 0 Å². The summed E-state index contributed by atoms with van der Waals surface area (Å²) in [5.74, 6) is 2.61. The van der Waals surface area contributed by atoms with Gasteiger partial charge in [0.2, 0.25) is 0 Å². The van der Waals surface area contributed by atoms with Gasteiger partial charge in [0.25, 0.3) is 0 Å². The van der Waals surface area contributed by atoms with Gasteiger partial charge in [-0.3, -0.25) is 0 Å². The van der Waals surface area contributed by atoms with E-state index in [1.165, 1.54) is 12.8 Å². The molecular formula is C17H22N4. The number of nitrogens with two attached hydrogens (primary N) is 1. The summed E-state index contributed by atoms with van der Waals surface area (Å²) in [6.45, 7) is 6.50. The third-order valence-corrected chi connectivity index (χ3v) is 4.09. The van der Waals surface area contributed by atoms with Gasteiger partial charge in [0.1, 0.15) is 5.82 Å². The molecule has 0 radical (unpaired) electrons. The molecule has 1 saturated heterocycles. The Bertz CT molecular complexity index is 630. The lowest BCUT2D eigenvalue weighted by atomic mass is 9.99. The van der Waals surface area contributed by atoms with Gasteiger partial charge in [-0.25, -0.2) is 9.97 Å². The standard InChI is InChI=1S/C17H22N4/c1-12-6-8-21(9-7-12)16-10-13(2)19-17(20-16)14-4-3-5-15(18)11-14/h3-5,10-12H,6-9,18H2,1-2H3. The van der Waals surface area contributed by atoms with Gasteiger partial charge in [-0.15, -0.1) is 0 Å². The average Bonchev–Trinajstić information content (AvgIpc) is 2.47. The Morgan fingerprint density at radius 1 is 1.14 bits per heavy atom. The molecule has 3 rings (SSSR count). The highest BCUT2D eigenvalue weighted by atomic mass is 15.2. The van der Waals surface area contributed by atoms with Crippen molar-refractivity contribution >= 4 is 11.5 Å². The molecule has 0 amide bonds. The van der Waals surface area contributed by atoms with Gasteiger partial charge in [-0.05, 0) is 37.8 Å². The number of piperidine rings is 1. The normalized spacial score (nSPS) is 16.2. The molecule has 0 spiro atoms. The summed E-state index contributed by atoms with van der Waals surface area (Å²) in [6, 6.07) is 9.83. The van der Waals surface area contributed by atoms with Gasteiger partial charge in [-0.1, -0.05) is 19.1 Å². The van der Waals surface area contributed by atoms with E-state index in [1.807, 2.05) is 31.2 Å². The minimum atomic E-state index is 0.742. The van der Waals surface area contributed by atoms with Crippen LogP contribution in [0.25, 0.3) is 11.4 Å². The van der Waals surface area contributed by atoms with E-state index in [9.17, 15) is 0 Å². The first-order chi connectivity index (χ1) is 10.1.